The molecular weight excluding hydrogens is 172 g/mol. The standard InChI is InChI=1S/C9H16O4/c1-3-5-7(6-4-2)13-9(12)8(10)11/h7H,3-6H2,1-2H3,(H,10,11). The maximum absolute atomic E-state index is 10.7. The molecule has 0 aromatic carbocycles. The molecule has 0 bridgehead atoms. The van der Waals surface area contributed by atoms with Gasteiger partial charge in [-0.1, -0.05) is 26.7 Å². The van der Waals surface area contributed by atoms with E-state index in [0.29, 0.717) is 0 Å². The first-order valence-corrected chi connectivity index (χ1v) is 4.55. The van der Waals surface area contributed by atoms with Gasteiger partial charge < -0.3 is 9.84 Å². The molecule has 0 aliphatic carbocycles. The van der Waals surface area contributed by atoms with E-state index in [-0.39, 0.29) is 6.10 Å². The Morgan fingerprint density at radius 2 is 1.69 bits per heavy atom. The van der Waals surface area contributed by atoms with Gasteiger partial charge in [0, 0.05) is 0 Å². The number of aliphatic carboxylic acids is 1. The summed E-state index contributed by atoms with van der Waals surface area (Å²) in [6.07, 6.45) is 2.99. The normalized spacial score (nSPS) is 10.1. The van der Waals surface area contributed by atoms with Crippen LogP contribution in [-0.2, 0) is 14.3 Å². The van der Waals surface area contributed by atoms with Gasteiger partial charge in [-0.25, -0.2) is 9.59 Å². The van der Waals surface area contributed by atoms with Gasteiger partial charge in [0.1, 0.15) is 6.10 Å². The van der Waals surface area contributed by atoms with Crippen LogP contribution in [0.1, 0.15) is 39.5 Å². The highest BCUT2D eigenvalue weighted by Crippen LogP contribution is 2.09. The second-order valence-corrected chi connectivity index (χ2v) is 2.91. The maximum atomic E-state index is 10.7. The van der Waals surface area contributed by atoms with Crippen LogP contribution >= 0.6 is 0 Å². The molecule has 4 heteroatoms. The number of carbonyl (C=O) groups is 2. The molecular formula is C9H16O4. The summed E-state index contributed by atoms with van der Waals surface area (Å²) < 4.78 is 4.75. The predicted molar refractivity (Wildman–Crippen MR) is 47.3 cm³/mol. The zero-order valence-electron chi connectivity index (χ0n) is 8.08. The van der Waals surface area contributed by atoms with Crippen molar-refractivity contribution in [2.45, 2.75) is 45.6 Å². The molecule has 1 N–H and O–H groups in total. The lowest BCUT2D eigenvalue weighted by Crippen LogP contribution is -2.23. The molecule has 0 saturated carbocycles. The average Bonchev–Trinajstić information content (AvgIpc) is 2.05. The Hall–Kier alpha value is -1.06. The third-order valence-corrected chi connectivity index (χ3v) is 1.67. The minimum Gasteiger partial charge on any atom is -0.473 e. The van der Waals surface area contributed by atoms with E-state index in [1.165, 1.54) is 0 Å². The van der Waals surface area contributed by atoms with Crippen molar-refractivity contribution in [1.29, 1.82) is 0 Å². The SMILES string of the molecule is CCCC(CCC)OC(=O)C(=O)O. The van der Waals surface area contributed by atoms with Crippen molar-refractivity contribution in [2.24, 2.45) is 0 Å². The summed E-state index contributed by atoms with van der Waals surface area (Å²) >= 11 is 0. The van der Waals surface area contributed by atoms with Crippen molar-refractivity contribution in [3.05, 3.63) is 0 Å². The molecule has 0 amide bonds. The van der Waals surface area contributed by atoms with Crippen LogP contribution in [0.4, 0.5) is 0 Å². The van der Waals surface area contributed by atoms with Gasteiger partial charge >= 0.3 is 11.9 Å². The van der Waals surface area contributed by atoms with Crippen molar-refractivity contribution in [3.8, 4) is 0 Å². The van der Waals surface area contributed by atoms with Crippen molar-refractivity contribution in [2.75, 3.05) is 0 Å². The summed E-state index contributed by atoms with van der Waals surface area (Å²) in [5.74, 6) is -2.66. The molecule has 76 valence electrons. The maximum Gasteiger partial charge on any atom is 0.417 e. The summed E-state index contributed by atoms with van der Waals surface area (Å²) in [6, 6.07) is 0. The van der Waals surface area contributed by atoms with Crippen molar-refractivity contribution < 1.29 is 19.4 Å². The minimum absolute atomic E-state index is 0.237. The van der Waals surface area contributed by atoms with Crippen LogP contribution in [0.5, 0.6) is 0 Å². The van der Waals surface area contributed by atoms with Crippen LogP contribution in [0.2, 0.25) is 0 Å². The fraction of sp³-hybridized carbons (Fsp3) is 0.778. The molecule has 0 fully saturated rings. The first-order valence-electron chi connectivity index (χ1n) is 4.55. The molecule has 0 aromatic rings. The number of rotatable bonds is 5. The summed E-state index contributed by atoms with van der Waals surface area (Å²) in [7, 11) is 0. The molecule has 0 aromatic heterocycles. The van der Waals surface area contributed by atoms with Crippen molar-refractivity contribution in [1.82, 2.24) is 0 Å². The van der Waals surface area contributed by atoms with Crippen LogP contribution in [0.25, 0.3) is 0 Å². The molecule has 0 unspecified atom stereocenters. The Balaban J connectivity index is 3.93. The van der Waals surface area contributed by atoms with Gasteiger partial charge in [-0.3, -0.25) is 0 Å². The molecule has 0 saturated heterocycles. The number of carboxylic acid groups (broad SMARTS) is 1. The van der Waals surface area contributed by atoms with E-state index in [9.17, 15) is 9.59 Å². The summed E-state index contributed by atoms with van der Waals surface area (Å²) in [5, 5.41) is 8.29. The van der Waals surface area contributed by atoms with E-state index >= 15 is 0 Å². The van der Waals surface area contributed by atoms with Crippen LogP contribution in [0, 0.1) is 0 Å². The average molecular weight is 188 g/mol. The molecule has 4 nitrogen and oxygen atoms in total. The highest BCUT2D eigenvalue weighted by atomic mass is 16.6. The number of esters is 1. The first-order chi connectivity index (χ1) is 6.11. The lowest BCUT2D eigenvalue weighted by Gasteiger charge is -2.14. The van der Waals surface area contributed by atoms with Crippen LogP contribution in [-0.4, -0.2) is 23.1 Å². The third kappa shape index (κ3) is 5.22. The van der Waals surface area contributed by atoms with Gasteiger partial charge in [0.15, 0.2) is 0 Å². The first kappa shape index (κ1) is 11.9. The van der Waals surface area contributed by atoms with Crippen LogP contribution < -0.4 is 0 Å². The molecule has 0 atom stereocenters. The Morgan fingerprint density at radius 1 is 1.23 bits per heavy atom. The quantitative estimate of drug-likeness (QED) is 0.525. The molecule has 0 aliphatic rings. The van der Waals surface area contributed by atoms with E-state index in [0.717, 1.165) is 25.7 Å². The second-order valence-electron chi connectivity index (χ2n) is 2.91. The summed E-state index contributed by atoms with van der Waals surface area (Å²) in [6.45, 7) is 3.94. The van der Waals surface area contributed by atoms with Crippen LogP contribution in [0.15, 0.2) is 0 Å². The Labute approximate surface area is 77.9 Å². The fourth-order valence-electron chi connectivity index (χ4n) is 1.11. The van der Waals surface area contributed by atoms with Gasteiger partial charge in [0.2, 0.25) is 0 Å². The van der Waals surface area contributed by atoms with Gasteiger partial charge in [-0.15, -0.1) is 0 Å². The lowest BCUT2D eigenvalue weighted by molar-refractivity contribution is -0.167. The molecule has 0 radical (unpaired) electrons. The number of ether oxygens (including phenoxy) is 1. The van der Waals surface area contributed by atoms with Gasteiger partial charge in [0.05, 0.1) is 0 Å². The molecule has 0 spiro atoms. The van der Waals surface area contributed by atoms with Gasteiger partial charge in [-0.05, 0) is 12.8 Å². The van der Waals surface area contributed by atoms with Gasteiger partial charge in [0.25, 0.3) is 0 Å². The van der Waals surface area contributed by atoms with E-state index in [1.54, 1.807) is 0 Å². The molecule has 0 aliphatic heterocycles. The monoisotopic (exact) mass is 188 g/mol. The number of hydrogen-bond acceptors (Lipinski definition) is 3. The fourth-order valence-corrected chi connectivity index (χ4v) is 1.11. The van der Waals surface area contributed by atoms with Crippen molar-refractivity contribution in [3.63, 3.8) is 0 Å². The molecule has 0 heterocycles. The molecule has 13 heavy (non-hydrogen) atoms. The van der Waals surface area contributed by atoms with Crippen molar-refractivity contribution >= 4 is 11.9 Å². The Kier molecular flexibility index (Phi) is 5.93. The van der Waals surface area contributed by atoms with E-state index < -0.39 is 11.9 Å². The minimum atomic E-state index is -1.52. The van der Waals surface area contributed by atoms with Gasteiger partial charge in [-0.2, -0.15) is 0 Å². The second kappa shape index (κ2) is 6.46. The van der Waals surface area contributed by atoms with E-state index in [2.05, 4.69) is 0 Å². The highest BCUT2D eigenvalue weighted by molar-refractivity contribution is 6.28. The highest BCUT2D eigenvalue weighted by Gasteiger charge is 2.18. The Bertz CT molecular complexity index is 170. The Morgan fingerprint density at radius 3 is 2.00 bits per heavy atom. The van der Waals surface area contributed by atoms with E-state index in [1.807, 2.05) is 13.8 Å². The zero-order chi connectivity index (χ0) is 10.3. The largest absolute Gasteiger partial charge is 0.473 e. The van der Waals surface area contributed by atoms with Crippen LogP contribution in [0.3, 0.4) is 0 Å². The number of carbonyl (C=O) groups excluding carboxylic acids is 1. The number of carboxylic acids is 1. The summed E-state index contributed by atoms with van der Waals surface area (Å²) in [5.41, 5.74) is 0. The van der Waals surface area contributed by atoms with E-state index in [4.69, 9.17) is 9.84 Å². The predicted octanol–water partition coefficient (Wildman–Crippen LogP) is 1.58. The topological polar surface area (TPSA) is 63.6 Å². The third-order valence-electron chi connectivity index (χ3n) is 1.67. The number of hydrogen-bond donors (Lipinski definition) is 1. The zero-order valence-corrected chi connectivity index (χ0v) is 8.08. The molecule has 0 rings (SSSR count). The smallest absolute Gasteiger partial charge is 0.417 e. The summed E-state index contributed by atoms with van der Waals surface area (Å²) in [4.78, 5) is 20.8. The lowest BCUT2D eigenvalue weighted by atomic mass is 10.1.